The van der Waals surface area contributed by atoms with Crippen LogP contribution in [-0.2, 0) is 0 Å². The van der Waals surface area contributed by atoms with E-state index >= 15 is 0 Å². The van der Waals surface area contributed by atoms with Gasteiger partial charge in [-0.15, -0.1) is 10.2 Å². The van der Waals surface area contributed by atoms with Gasteiger partial charge in [0.2, 0.25) is 5.82 Å². The Morgan fingerprint density at radius 3 is 2.88 bits per heavy atom. The van der Waals surface area contributed by atoms with Crippen LogP contribution in [0.5, 0.6) is 0 Å². The molecule has 82 valence electrons. The molecule has 0 N–H and O–H groups in total. The van der Waals surface area contributed by atoms with Crippen LogP contribution in [0.4, 0.5) is 0 Å². The quantitative estimate of drug-likeness (QED) is 0.660. The summed E-state index contributed by atoms with van der Waals surface area (Å²) < 4.78 is 7.00. The molecule has 3 rings (SSSR count). The molecule has 0 saturated carbocycles. The van der Waals surface area contributed by atoms with Crippen molar-refractivity contribution in [2.24, 2.45) is 0 Å². The number of halogens is 1. The van der Waals surface area contributed by atoms with Crippen LogP contribution in [0.1, 0.15) is 5.56 Å². The Hall–Kier alpha value is -2.32. The number of nitrogens with zero attached hydrogens (tertiary/aromatic N) is 4. The molecule has 0 fully saturated rings. The van der Waals surface area contributed by atoms with Crippen molar-refractivity contribution in [3.8, 4) is 17.7 Å². The summed E-state index contributed by atoms with van der Waals surface area (Å²) in [5.74, 6) is 1.09. The molecule has 0 aromatic carbocycles. The third kappa shape index (κ3) is 1.55. The standard InChI is InChI=1S/C11H5ClN4O/c12-9-2-1-8(17-9)11-15-14-10-5-7(6-13)3-4-16(10)11/h1-5H. The summed E-state index contributed by atoms with van der Waals surface area (Å²) in [6, 6.07) is 8.75. The van der Waals surface area contributed by atoms with Crippen LogP contribution in [0.2, 0.25) is 5.22 Å². The van der Waals surface area contributed by atoms with E-state index in [1.807, 2.05) is 6.07 Å². The molecule has 3 aromatic rings. The molecule has 0 spiro atoms. The van der Waals surface area contributed by atoms with Crippen molar-refractivity contribution in [2.45, 2.75) is 0 Å². The van der Waals surface area contributed by atoms with Gasteiger partial charge in [-0.1, -0.05) is 0 Å². The molecule has 3 aromatic heterocycles. The molecule has 0 atom stereocenters. The molecular weight excluding hydrogens is 240 g/mol. The van der Waals surface area contributed by atoms with Gasteiger partial charge in [0.15, 0.2) is 16.6 Å². The number of hydrogen-bond acceptors (Lipinski definition) is 4. The monoisotopic (exact) mass is 244 g/mol. The number of furan rings is 1. The van der Waals surface area contributed by atoms with Gasteiger partial charge < -0.3 is 4.42 Å². The molecule has 0 radical (unpaired) electrons. The smallest absolute Gasteiger partial charge is 0.204 e. The van der Waals surface area contributed by atoms with Gasteiger partial charge in [0.05, 0.1) is 11.6 Å². The molecule has 6 heteroatoms. The second-order valence-electron chi connectivity index (χ2n) is 3.38. The number of pyridine rings is 1. The van der Waals surface area contributed by atoms with Crippen molar-refractivity contribution in [1.82, 2.24) is 14.6 Å². The third-order valence-corrected chi connectivity index (χ3v) is 2.54. The molecule has 5 nitrogen and oxygen atoms in total. The molecule has 0 aliphatic heterocycles. The Labute approximate surface area is 101 Å². The lowest BCUT2D eigenvalue weighted by molar-refractivity contribution is 0.578. The maximum atomic E-state index is 8.78. The minimum absolute atomic E-state index is 0.297. The van der Waals surface area contributed by atoms with Gasteiger partial charge in [-0.25, -0.2) is 0 Å². The summed E-state index contributed by atoms with van der Waals surface area (Å²) in [4.78, 5) is 0. The van der Waals surface area contributed by atoms with E-state index in [-0.39, 0.29) is 0 Å². The number of rotatable bonds is 1. The second kappa shape index (κ2) is 3.61. The van der Waals surface area contributed by atoms with Crippen LogP contribution in [0.25, 0.3) is 17.2 Å². The lowest BCUT2D eigenvalue weighted by Crippen LogP contribution is -1.88. The summed E-state index contributed by atoms with van der Waals surface area (Å²) in [5.41, 5.74) is 1.13. The fourth-order valence-corrected chi connectivity index (χ4v) is 1.71. The van der Waals surface area contributed by atoms with E-state index in [1.165, 1.54) is 0 Å². The van der Waals surface area contributed by atoms with Crippen molar-refractivity contribution < 1.29 is 4.42 Å². The Morgan fingerprint density at radius 1 is 1.29 bits per heavy atom. The average molecular weight is 245 g/mol. The molecule has 17 heavy (non-hydrogen) atoms. The zero-order valence-corrected chi connectivity index (χ0v) is 9.22. The van der Waals surface area contributed by atoms with Gasteiger partial charge in [0.25, 0.3) is 0 Å². The van der Waals surface area contributed by atoms with Crippen LogP contribution >= 0.6 is 11.6 Å². The number of hydrogen-bond donors (Lipinski definition) is 0. The Morgan fingerprint density at radius 2 is 2.18 bits per heavy atom. The van der Waals surface area contributed by atoms with Crippen LogP contribution in [0, 0.1) is 11.3 Å². The molecule has 0 aliphatic rings. The van der Waals surface area contributed by atoms with Crippen LogP contribution < -0.4 is 0 Å². The van der Waals surface area contributed by atoms with Gasteiger partial charge in [0, 0.05) is 12.3 Å². The van der Waals surface area contributed by atoms with Crippen molar-refractivity contribution in [1.29, 1.82) is 5.26 Å². The second-order valence-corrected chi connectivity index (χ2v) is 3.76. The first-order valence-electron chi connectivity index (χ1n) is 4.78. The molecule has 0 bridgehead atoms. The molecular formula is C11H5ClN4O. The summed E-state index contributed by atoms with van der Waals surface area (Å²) in [6.07, 6.45) is 1.72. The highest BCUT2D eigenvalue weighted by molar-refractivity contribution is 6.28. The SMILES string of the molecule is N#Cc1ccn2c(-c3ccc(Cl)o3)nnc2c1. The average Bonchev–Trinajstić information content (AvgIpc) is 2.93. The molecule has 3 heterocycles. The minimum Gasteiger partial charge on any atom is -0.441 e. The predicted octanol–water partition coefficient (Wildman–Crippen LogP) is 2.51. The normalized spacial score (nSPS) is 10.6. The topological polar surface area (TPSA) is 67.1 Å². The van der Waals surface area contributed by atoms with Gasteiger partial charge in [-0.05, 0) is 29.8 Å². The predicted molar refractivity (Wildman–Crippen MR) is 60.4 cm³/mol. The molecule has 0 unspecified atom stereocenters. The number of nitriles is 1. The fourth-order valence-electron chi connectivity index (χ4n) is 1.56. The van der Waals surface area contributed by atoms with Crippen molar-refractivity contribution in [3.63, 3.8) is 0 Å². The number of fused-ring (bicyclic) bond motifs is 1. The summed E-state index contributed by atoms with van der Waals surface area (Å²) >= 11 is 5.71. The van der Waals surface area contributed by atoms with Gasteiger partial charge in [-0.3, -0.25) is 4.40 Å². The van der Waals surface area contributed by atoms with Crippen molar-refractivity contribution >= 4 is 17.2 Å². The van der Waals surface area contributed by atoms with E-state index in [4.69, 9.17) is 21.3 Å². The van der Waals surface area contributed by atoms with Crippen LogP contribution in [-0.4, -0.2) is 14.6 Å². The lowest BCUT2D eigenvalue weighted by atomic mass is 10.3. The number of aromatic nitrogens is 3. The van der Waals surface area contributed by atoms with Crippen LogP contribution in [0.15, 0.2) is 34.9 Å². The third-order valence-electron chi connectivity index (χ3n) is 2.33. The highest BCUT2D eigenvalue weighted by atomic mass is 35.5. The zero-order valence-electron chi connectivity index (χ0n) is 8.46. The maximum absolute atomic E-state index is 8.78. The highest BCUT2D eigenvalue weighted by Gasteiger charge is 2.11. The summed E-state index contributed by atoms with van der Waals surface area (Å²) in [6.45, 7) is 0. The van der Waals surface area contributed by atoms with E-state index < -0.39 is 0 Å². The molecule has 0 amide bonds. The Bertz CT molecular complexity index is 737. The van der Waals surface area contributed by atoms with Gasteiger partial charge >= 0.3 is 0 Å². The van der Waals surface area contributed by atoms with E-state index in [1.54, 1.807) is 34.9 Å². The van der Waals surface area contributed by atoms with E-state index in [0.717, 1.165) is 0 Å². The lowest BCUT2D eigenvalue weighted by Gasteiger charge is -1.95. The first-order valence-corrected chi connectivity index (χ1v) is 5.16. The van der Waals surface area contributed by atoms with Gasteiger partial charge in [-0.2, -0.15) is 5.26 Å². The first-order chi connectivity index (χ1) is 8.28. The Balaban J connectivity index is 2.22. The zero-order chi connectivity index (χ0) is 11.8. The summed E-state index contributed by atoms with van der Waals surface area (Å²) in [5, 5.41) is 17.1. The maximum Gasteiger partial charge on any atom is 0.204 e. The summed E-state index contributed by atoms with van der Waals surface area (Å²) in [7, 11) is 0. The van der Waals surface area contributed by atoms with E-state index in [0.29, 0.717) is 28.0 Å². The van der Waals surface area contributed by atoms with E-state index in [2.05, 4.69) is 10.2 Å². The van der Waals surface area contributed by atoms with Crippen LogP contribution in [0.3, 0.4) is 0 Å². The molecule has 0 saturated heterocycles. The van der Waals surface area contributed by atoms with Gasteiger partial charge in [0.1, 0.15) is 0 Å². The highest BCUT2D eigenvalue weighted by Crippen LogP contribution is 2.23. The molecule has 0 aliphatic carbocycles. The van der Waals surface area contributed by atoms with Crippen molar-refractivity contribution in [3.05, 3.63) is 41.2 Å². The fraction of sp³-hybridized carbons (Fsp3) is 0. The minimum atomic E-state index is 0.297. The Kier molecular flexibility index (Phi) is 2.10. The van der Waals surface area contributed by atoms with E-state index in [9.17, 15) is 0 Å². The largest absolute Gasteiger partial charge is 0.441 e. The van der Waals surface area contributed by atoms with Crippen molar-refractivity contribution in [2.75, 3.05) is 0 Å². The first kappa shape index (κ1) is 9.87.